The normalized spacial score (nSPS) is 12.7. The Morgan fingerprint density at radius 1 is 1.24 bits per heavy atom. The molecule has 0 spiro atoms. The summed E-state index contributed by atoms with van der Waals surface area (Å²) in [7, 11) is 0. The van der Waals surface area contributed by atoms with Crippen LogP contribution in [-0.2, 0) is 16.9 Å². The van der Waals surface area contributed by atoms with Gasteiger partial charge in [-0.1, -0.05) is 0 Å². The first-order valence-electron chi connectivity index (χ1n) is 7.46. The van der Waals surface area contributed by atoms with Crippen molar-refractivity contribution in [1.29, 1.82) is 0 Å². The molecule has 1 rings (SSSR count). The first kappa shape index (κ1) is 17.7. The summed E-state index contributed by atoms with van der Waals surface area (Å²) >= 11 is 0. The van der Waals surface area contributed by atoms with Gasteiger partial charge in [0.25, 0.3) is 0 Å². The lowest BCUT2D eigenvalue weighted by Gasteiger charge is -2.21. The minimum absolute atomic E-state index is 0.0294. The van der Waals surface area contributed by atoms with Crippen molar-refractivity contribution in [2.45, 2.75) is 67.0 Å². The molecule has 0 saturated carbocycles. The topological polar surface area (TPSA) is 67.2 Å². The number of rotatable bonds is 6. The van der Waals surface area contributed by atoms with E-state index in [-0.39, 0.29) is 5.54 Å². The number of aromatic nitrogens is 2. The van der Waals surface area contributed by atoms with Crippen LogP contribution in [0, 0.1) is 19.3 Å². The zero-order valence-corrected chi connectivity index (χ0v) is 14.4. The van der Waals surface area contributed by atoms with Gasteiger partial charge in [-0.3, -0.25) is 9.48 Å². The Hall–Kier alpha value is -1.36. The van der Waals surface area contributed by atoms with Crippen molar-refractivity contribution >= 4 is 5.97 Å². The molecule has 0 atom stereocenters. The number of carboxylic acid groups (broad SMARTS) is 1. The van der Waals surface area contributed by atoms with E-state index >= 15 is 0 Å². The molecule has 0 aliphatic rings. The second kappa shape index (κ2) is 6.18. The maximum absolute atomic E-state index is 11.1. The number of hydrogen-bond acceptors (Lipinski definition) is 3. The maximum atomic E-state index is 11.1. The van der Waals surface area contributed by atoms with Gasteiger partial charge < -0.3 is 10.4 Å². The van der Waals surface area contributed by atoms with Gasteiger partial charge in [-0.15, -0.1) is 0 Å². The fraction of sp³-hybridized carbons (Fsp3) is 0.750. The molecule has 1 aromatic rings. The summed E-state index contributed by atoms with van der Waals surface area (Å²) in [6.07, 6.45) is 0.605. The number of nitrogens with one attached hydrogen (secondary N) is 1. The molecule has 0 radical (unpaired) electrons. The van der Waals surface area contributed by atoms with Crippen molar-refractivity contribution in [2.24, 2.45) is 5.41 Å². The first-order valence-corrected chi connectivity index (χ1v) is 7.46. The number of nitrogens with zero attached hydrogens (tertiary/aromatic N) is 2. The zero-order chi connectivity index (χ0) is 16.4. The monoisotopic (exact) mass is 295 g/mol. The summed E-state index contributed by atoms with van der Waals surface area (Å²) < 4.78 is 2.06. The molecule has 5 nitrogen and oxygen atoms in total. The van der Waals surface area contributed by atoms with E-state index in [1.54, 1.807) is 13.8 Å². The number of hydrogen-bond donors (Lipinski definition) is 2. The van der Waals surface area contributed by atoms with Gasteiger partial charge in [0.05, 0.1) is 16.6 Å². The molecule has 0 aliphatic carbocycles. The second-order valence-corrected chi connectivity index (χ2v) is 7.35. The molecule has 0 bridgehead atoms. The van der Waals surface area contributed by atoms with E-state index < -0.39 is 11.4 Å². The molecule has 5 heteroatoms. The largest absolute Gasteiger partial charge is 0.481 e. The van der Waals surface area contributed by atoms with E-state index in [1.807, 2.05) is 6.92 Å². The van der Waals surface area contributed by atoms with Crippen molar-refractivity contribution < 1.29 is 9.90 Å². The van der Waals surface area contributed by atoms with Gasteiger partial charge in [-0.05, 0) is 61.4 Å². The average Bonchev–Trinajstić information content (AvgIpc) is 2.61. The standard InChI is InChI=1S/C16H29N3O2/c1-11-13(12(2)19(18-11)15(3,4)5)10-17-9-8-16(6,7)14(20)21/h17H,8-10H2,1-7H3,(H,20,21). The zero-order valence-electron chi connectivity index (χ0n) is 14.4. The third-order valence-corrected chi connectivity index (χ3v) is 3.88. The Morgan fingerprint density at radius 2 is 1.81 bits per heavy atom. The predicted molar refractivity (Wildman–Crippen MR) is 84.4 cm³/mol. The summed E-state index contributed by atoms with van der Waals surface area (Å²) in [6, 6.07) is 0. The average molecular weight is 295 g/mol. The summed E-state index contributed by atoms with van der Waals surface area (Å²) in [6.45, 7) is 15.4. The third-order valence-electron chi connectivity index (χ3n) is 3.88. The van der Waals surface area contributed by atoms with Crippen molar-refractivity contribution in [1.82, 2.24) is 15.1 Å². The van der Waals surface area contributed by atoms with Crippen molar-refractivity contribution in [3.05, 3.63) is 17.0 Å². The minimum Gasteiger partial charge on any atom is -0.481 e. The molecule has 0 saturated heterocycles. The summed E-state index contributed by atoms with van der Waals surface area (Å²) in [5.74, 6) is -0.753. The molecule has 120 valence electrons. The van der Waals surface area contributed by atoms with E-state index in [2.05, 4.69) is 42.8 Å². The van der Waals surface area contributed by atoms with Crippen LogP contribution < -0.4 is 5.32 Å². The Morgan fingerprint density at radius 3 is 2.24 bits per heavy atom. The fourth-order valence-corrected chi connectivity index (χ4v) is 2.31. The molecule has 0 amide bonds. The molecule has 0 aromatic carbocycles. The van der Waals surface area contributed by atoms with Crippen LogP contribution in [0.15, 0.2) is 0 Å². The van der Waals surface area contributed by atoms with Crippen LogP contribution in [0.1, 0.15) is 58.0 Å². The number of aryl methyl sites for hydroxylation is 1. The lowest BCUT2D eigenvalue weighted by Crippen LogP contribution is -2.29. The molecule has 1 aromatic heterocycles. The minimum atomic E-state index is -0.753. The highest BCUT2D eigenvalue weighted by Crippen LogP contribution is 2.22. The molecular formula is C16H29N3O2. The van der Waals surface area contributed by atoms with Crippen LogP contribution in [0.25, 0.3) is 0 Å². The summed E-state index contributed by atoms with van der Waals surface area (Å²) in [5, 5.41) is 17.1. The van der Waals surface area contributed by atoms with Crippen molar-refractivity contribution in [3.8, 4) is 0 Å². The third kappa shape index (κ3) is 4.30. The second-order valence-electron chi connectivity index (χ2n) is 7.35. The Bertz CT molecular complexity index is 510. The van der Waals surface area contributed by atoms with E-state index in [0.717, 1.165) is 12.2 Å². The molecule has 1 heterocycles. The predicted octanol–water partition coefficient (Wildman–Crippen LogP) is 2.85. The highest BCUT2D eigenvalue weighted by atomic mass is 16.4. The Kier molecular flexibility index (Phi) is 5.20. The van der Waals surface area contributed by atoms with Gasteiger partial charge in [-0.2, -0.15) is 5.10 Å². The number of carboxylic acids is 1. The van der Waals surface area contributed by atoms with Gasteiger partial charge in [0, 0.05) is 17.8 Å². The molecule has 0 fully saturated rings. The molecule has 0 aliphatic heterocycles. The van der Waals surface area contributed by atoms with Gasteiger partial charge >= 0.3 is 5.97 Å². The van der Waals surface area contributed by atoms with Crippen molar-refractivity contribution in [2.75, 3.05) is 6.54 Å². The van der Waals surface area contributed by atoms with Crippen LogP contribution in [0.3, 0.4) is 0 Å². The van der Waals surface area contributed by atoms with Crippen LogP contribution in [-0.4, -0.2) is 27.4 Å². The lowest BCUT2D eigenvalue weighted by atomic mass is 9.90. The highest BCUT2D eigenvalue weighted by molar-refractivity contribution is 5.73. The van der Waals surface area contributed by atoms with Crippen LogP contribution in [0.4, 0.5) is 0 Å². The Labute approximate surface area is 127 Å². The number of carbonyl (C=O) groups is 1. The van der Waals surface area contributed by atoms with E-state index in [1.165, 1.54) is 11.3 Å². The smallest absolute Gasteiger partial charge is 0.309 e. The highest BCUT2D eigenvalue weighted by Gasteiger charge is 2.26. The number of aliphatic carboxylic acids is 1. The fourth-order valence-electron chi connectivity index (χ4n) is 2.31. The molecule has 21 heavy (non-hydrogen) atoms. The molecular weight excluding hydrogens is 266 g/mol. The summed E-state index contributed by atoms with van der Waals surface area (Å²) in [5.41, 5.74) is 2.70. The van der Waals surface area contributed by atoms with Gasteiger partial charge in [0.1, 0.15) is 0 Å². The van der Waals surface area contributed by atoms with Crippen LogP contribution >= 0.6 is 0 Å². The lowest BCUT2D eigenvalue weighted by molar-refractivity contribution is -0.147. The maximum Gasteiger partial charge on any atom is 0.309 e. The van der Waals surface area contributed by atoms with Crippen LogP contribution in [0.2, 0.25) is 0 Å². The van der Waals surface area contributed by atoms with Gasteiger partial charge in [0.2, 0.25) is 0 Å². The molecule has 0 unspecified atom stereocenters. The van der Waals surface area contributed by atoms with E-state index in [4.69, 9.17) is 5.11 Å². The summed E-state index contributed by atoms with van der Waals surface area (Å²) in [4.78, 5) is 11.1. The van der Waals surface area contributed by atoms with E-state index in [9.17, 15) is 4.79 Å². The van der Waals surface area contributed by atoms with Crippen LogP contribution in [0.5, 0.6) is 0 Å². The molecule has 2 N–H and O–H groups in total. The van der Waals surface area contributed by atoms with Gasteiger partial charge in [0.15, 0.2) is 0 Å². The first-order chi connectivity index (χ1) is 9.47. The SMILES string of the molecule is Cc1nn(C(C)(C)C)c(C)c1CNCCC(C)(C)C(=O)O. The van der Waals surface area contributed by atoms with Crippen molar-refractivity contribution in [3.63, 3.8) is 0 Å². The van der Waals surface area contributed by atoms with Gasteiger partial charge in [-0.25, -0.2) is 0 Å². The quantitative estimate of drug-likeness (QED) is 0.792. The van der Waals surface area contributed by atoms with E-state index in [0.29, 0.717) is 13.0 Å². The Balaban J connectivity index is 2.66.